The molecule has 26 heavy (non-hydrogen) atoms. The number of hydrogen-bond acceptors (Lipinski definition) is 7. The van der Waals surface area contributed by atoms with Crippen molar-refractivity contribution in [2.45, 2.75) is 38.3 Å². The van der Waals surface area contributed by atoms with Gasteiger partial charge < -0.3 is 9.64 Å². The number of rotatable bonds is 3. The first-order chi connectivity index (χ1) is 12.6. The maximum atomic E-state index is 6.34. The van der Waals surface area contributed by atoms with Crippen molar-refractivity contribution < 1.29 is 4.74 Å². The van der Waals surface area contributed by atoms with Crippen molar-refractivity contribution in [2.75, 3.05) is 38.7 Å². The summed E-state index contributed by atoms with van der Waals surface area (Å²) in [7, 11) is 3.90. The fourth-order valence-corrected chi connectivity index (χ4v) is 3.97. The van der Waals surface area contributed by atoms with Crippen molar-refractivity contribution in [3.63, 3.8) is 0 Å². The van der Waals surface area contributed by atoms with Crippen LogP contribution in [0.15, 0.2) is 18.6 Å². The summed E-state index contributed by atoms with van der Waals surface area (Å²) >= 11 is 0. The van der Waals surface area contributed by atoms with E-state index in [1.807, 2.05) is 44.5 Å². The molecule has 2 aliphatic heterocycles. The third-order valence-electron chi connectivity index (χ3n) is 5.20. The van der Waals surface area contributed by atoms with Crippen LogP contribution in [0, 0.1) is 6.92 Å². The van der Waals surface area contributed by atoms with Crippen molar-refractivity contribution in [3.8, 4) is 0 Å². The number of piperidine rings is 1. The number of hydrogen-bond donors (Lipinski definition) is 0. The zero-order valence-electron chi connectivity index (χ0n) is 15.8. The molecule has 1 fully saturated rings. The molecule has 2 aromatic heterocycles. The molecular weight excluding hydrogens is 328 g/mol. The molecule has 0 aromatic carbocycles. The van der Waals surface area contributed by atoms with Crippen LogP contribution in [0.5, 0.6) is 0 Å². The van der Waals surface area contributed by atoms with Crippen molar-refractivity contribution in [1.82, 2.24) is 24.8 Å². The highest BCUT2D eigenvalue weighted by atomic mass is 16.5. The Morgan fingerprint density at radius 2 is 2.00 bits per heavy atom. The average Bonchev–Trinajstić information content (AvgIpc) is 2.63. The van der Waals surface area contributed by atoms with E-state index in [9.17, 15) is 0 Å². The van der Waals surface area contributed by atoms with Crippen LogP contribution >= 0.6 is 0 Å². The second-order valence-electron chi connectivity index (χ2n) is 7.48. The summed E-state index contributed by atoms with van der Waals surface area (Å²) in [4.78, 5) is 22.4. The molecule has 0 saturated carbocycles. The summed E-state index contributed by atoms with van der Waals surface area (Å²) < 4.78 is 6.34. The Kier molecular flexibility index (Phi) is 4.58. The number of ether oxygens (including phenoxy) is 1. The van der Waals surface area contributed by atoms with Crippen molar-refractivity contribution in [2.24, 2.45) is 0 Å². The average molecular weight is 354 g/mol. The Morgan fingerprint density at radius 1 is 1.19 bits per heavy atom. The van der Waals surface area contributed by atoms with Gasteiger partial charge in [0.15, 0.2) is 0 Å². The Morgan fingerprint density at radius 3 is 2.77 bits per heavy atom. The summed E-state index contributed by atoms with van der Waals surface area (Å²) in [6, 6.07) is 0. The minimum atomic E-state index is -0.302. The Hall–Kier alpha value is -2.12. The van der Waals surface area contributed by atoms with Gasteiger partial charge in [0.05, 0.1) is 12.3 Å². The van der Waals surface area contributed by atoms with Crippen LogP contribution in [0.2, 0.25) is 0 Å². The SMILES string of the molecule is Cc1ncc2c(n1)C1(CCCN(Cc3cnc(N(C)C)nc3)C1)OCC2. The van der Waals surface area contributed by atoms with E-state index in [0.717, 1.165) is 68.5 Å². The zero-order chi connectivity index (χ0) is 18.1. The molecule has 138 valence electrons. The topological polar surface area (TPSA) is 67.3 Å². The minimum Gasteiger partial charge on any atom is -0.367 e. The molecule has 4 rings (SSSR count). The van der Waals surface area contributed by atoms with Gasteiger partial charge in [-0.25, -0.2) is 19.9 Å². The van der Waals surface area contributed by atoms with Crippen molar-refractivity contribution in [1.29, 1.82) is 0 Å². The lowest BCUT2D eigenvalue weighted by Crippen LogP contribution is -2.50. The number of fused-ring (bicyclic) bond motifs is 2. The van der Waals surface area contributed by atoms with Gasteiger partial charge in [-0.3, -0.25) is 4.90 Å². The van der Waals surface area contributed by atoms with Gasteiger partial charge in [-0.1, -0.05) is 0 Å². The Labute approximate surface area is 154 Å². The van der Waals surface area contributed by atoms with E-state index in [1.165, 1.54) is 5.56 Å². The van der Waals surface area contributed by atoms with Crippen LogP contribution in [0.1, 0.15) is 35.5 Å². The molecule has 4 heterocycles. The number of aromatic nitrogens is 4. The lowest BCUT2D eigenvalue weighted by Gasteiger charge is -2.45. The van der Waals surface area contributed by atoms with E-state index in [-0.39, 0.29) is 5.60 Å². The molecule has 0 radical (unpaired) electrons. The fraction of sp³-hybridized carbons (Fsp3) is 0.579. The highest BCUT2D eigenvalue weighted by Gasteiger charge is 2.43. The van der Waals surface area contributed by atoms with Crippen molar-refractivity contribution >= 4 is 5.95 Å². The van der Waals surface area contributed by atoms with Gasteiger partial charge in [-0.05, 0) is 38.3 Å². The van der Waals surface area contributed by atoms with Gasteiger partial charge in [-0.2, -0.15) is 0 Å². The highest BCUT2D eigenvalue weighted by molar-refractivity contribution is 5.29. The molecular formula is C19H26N6O. The van der Waals surface area contributed by atoms with Gasteiger partial charge in [-0.15, -0.1) is 0 Å². The summed E-state index contributed by atoms with van der Waals surface area (Å²) in [6.45, 7) is 5.44. The minimum absolute atomic E-state index is 0.302. The molecule has 2 aromatic rings. The molecule has 7 nitrogen and oxygen atoms in total. The van der Waals surface area contributed by atoms with Crippen molar-refractivity contribution in [3.05, 3.63) is 41.2 Å². The number of likely N-dealkylation sites (tertiary alicyclic amines) is 1. The second kappa shape index (κ2) is 6.89. The van der Waals surface area contributed by atoms with Gasteiger partial charge in [0.25, 0.3) is 0 Å². The number of aryl methyl sites for hydroxylation is 1. The maximum Gasteiger partial charge on any atom is 0.224 e. The molecule has 1 saturated heterocycles. The van der Waals surface area contributed by atoms with Gasteiger partial charge in [0, 0.05) is 51.3 Å². The van der Waals surface area contributed by atoms with E-state index < -0.39 is 0 Å². The molecule has 1 spiro atoms. The van der Waals surface area contributed by atoms with Crippen LogP contribution in [-0.2, 0) is 23.3 Å². The molecule has 7 heteroatoms. The van der Waals surface area contributed by atoms with Gasteiger partial charge in [0.2, 0.25) is 5.95 Å². The van der Waals surface area contributed by atoms with Crippen LogP contribution in [-0.4, -0.2) is 58.6 Å². The summed E-state index contributed by atoms with van der Waals surface area (Å²) in [5, 5.41) is 0. The molecule has 2 aliphatic rings. The summed E-state index contributed by atoms with van der Waals surface area (Å²) in [5.74, 6) is 1.55. The largest absolute Gasteiger partial charge is 0.367 e. The molecule has 1 unspecified atom stereocenters. The van der Waals surface area contributed by atoms with Crippen LogP contribution in [0.4, 0.5) is 5.95 Å². The van der Waals surface area contributed by atoms with Crippen LogP contribution in [0.3, 0.4) is 0 Å². The molecule has 0 N–H and O–H groups in total. The third-order valence-corrected chi connectivity index (χ3v) is 5.20. The van der Waals surface area contributed by atoms with E-state index >= 15 is 0 Å². The number of nitrogens with zero attached hydrogens (tertiary/aromatic N) is 6. The van der Waals surface area contributed by atoms with E-state index in [1.54, 1.807) is 0 Å². The van der Waals surface area contributed by atoms with E-state index in [4.69, 9.17) is 9.72 Å². The Bertz CT molecular complexity index is 778. The van der Waals surface area contributed by atoms with E-state index in [2.05, 4.69) is 19.9 Å². The first-order valence-corrected chi connectivity index (χ1v) is 9.23. The number of anilines is 1. The third kappa shape index (κ3) is 3.29. The lowest BCUT2D eigenvalue weighted by atomic mass is 9.84. The zero-order valence-corrected chi connectivity index (χ0v) is 15.8. The molecule has 1 atom stereocenters. The molecule has 0 aliphatic carbocycles. The fourth-order valence-electron chi connectivity index (χ4n) is 3.97. The summed E-state index contributed by atoms with van der Waals surface area (Å²) in [5.41, 5.74) is 3.16. The van der Waals surface area contributed by atoms with E-state index in [0.29, 0.717) is 0 Å². The first kappa shape index (κ1) is 17.3. The molecule has 0 bridgehead atoms. The quantitative estimate of drug-likeness (QED) is 0.831. The standard InChI is InChI=1S/C19H26N6O/c1-14-20-11-16-5-8-26-19(17(16)23-14)6-4-7-25(13-19)12-15-9-21-18(22-10-15)24(2)3/h9-11H,4-8,12-13H2,1-3H3. The van der Waals surface area contributed by atoms with Crippen LogP contribution < -0.4 is 4.90 Å². The van der Waals surface area contributed by atoms with Crippen LogP contribution in [0.25, 0.3) is 0 Å². The first-order valence-electron chi connectivity index (χ1n) is 9.23. The monoisotopic (exact) mass is 354 g/mol. The normalized spacial score (nSPS) is 23.0. The maximum absolute atomic E-state index is 6.34. The predicted octanol–water partition coefficient (Wildman–Crippen LogP) is 1.71. The Balaban J connectivity index is 1.54. The smallest absolute Gasteiger partial charge is 0.224 e. The highest BCUT2D eigenvalue weighted by Crippen LogP contribution is 2.39. The summed E-state index contributed by atoms with van der Waals surface area (Å²) in [6.07, 6.45) is 8.84. The second-order valence-corrected chi connectivity index (χ2v) is 7.48. The lowest BCUT2D eigenvalue weighted by molar-refractivity contribution is -0.109. The van der Waals surface area contributed by atoms with Gasteiger partial charge in [0.1, 0.15) is 11.4 Å². The molecule has 0 amide bonds. The predicted molar refractivity (Wildman–Crippen MR) is 99.0 cm³/mol. The van der Waals surface area contributed by atoms with Gasteiger partial charge >= 0.3 is 0 Å².